The van der Waals surface area contributed by atoms with Gasteiger partial charge in [0.05, 0.1) is 47.7 Å². The van der Waals surface area contributed by atoms with Crippen molar-refractivity contribution in [2.45, 2.75) is 6.04 Å². The molecule has 0 bridgehead atoms. The molecule has 1 aliphatic rings. The zero-order valence-corrected chi connectivity index (χ0v) is 20.0. The van der Waals surface area contributed by atoms with E-state index in [1.807, 2.05) is 6.07 Å². The predicted octanol–water partition coefficient (Wildman–Crippen LogP) is 4.90. The lowest BCUT2D eigenvalue weighted by molar-refractivity contribution is -0.132. The molecule has 10 heteroatoms. The SMILES string of the molecule is COc1c(Cl)cc(/C(O)=C2\C(=O)C(=O)N(c3ccc(C#N)cc3)C2c2ccccn2)c(OC)c1Cl. The van der Waals surface area contributed by atoms with Gasteiger partial charge in [-0.05, 0) is 42.5 Å². The van der Waals surface area contributed by atoms with Crippen LogP contribution in [-0.2, 0) is 9.59 Å². The number of anilines is 1. The number of benzene rings is 2. The van der Waals surface area contributed by atoms with Crippen LogP contribution in [0.3, 0.4) is 0 Å². The fourth-order valence-corrected chi connectivity index (χ4v) is 4.59. The lowest BCUT2D eigenvalue weighted by Crippen LogP contribution is -2.29. The quantitative estimate of drug-likeness (QED) is 0.295. The number of hydrogen-bond donors (Lipinski definition) is 1. The topological polar surface area (TPSA) is 113 Å². The van der Waals surface area contributed by atoms with Gasteiger partial charge in [-0.1, -0.05) is 29.3 Å². The van der Waals surface area contributed by atoms with Gasteiger partial charge in [0, 0.05) is 11.9 Å². The van der Waals surface area contributed by atoms with Gasteiger partial charge in [-0.25, -0.2) is 0 Å². The summed E-state index contributed by atoms with van der Waals surface area (Å²) in [5.41, 5.74) is 0.837. The second-order valence-electron chi connectivity index (χ2n) is 7.37. The molecule has 2 aromatic carbocycles. The fourth-order valence-electron chi connectivity index (χ4n) is 3.90. The molecule has 0 saturated carbocycles. The molecule has 0 radical (unpaired) electrons. The number of amides is 1. The lowest BCUT2D eigenvalue weighted by atomic mass is 9.97. The number of ketones is 1. The first-order chi connectivity index (χ1) is 16.8. The summed E-state index contributed by atoms with van der Waals surface area (Å²) < 4.78 is 10.6. The largest absolute Gasteiger partial charge is 0.507 e. The number of methoxy groups -OCH3 is 2. The van der Waals surface area contributed by atoms with E-state index in [2.05, 4.69) is 4.98 Å². The first kappa shape index (κ1) is 24.1. The molecule has 1 fully saturated rings. The van der Waals surface area contributed by atoms with E-state index in [-0.39, 0.29) is 32.7 Å². The van der Waals surface area contributed by atoms with Crippen LogP contribution in [0.1, 0.15) is 22.9 Å². The summed E-state index contributed by atoms with van der Waals surface area (Å²) in [6, 6.07) is 13.4. The maximum Gasteiger partial charge on any atom is 0.300 e. The minimum atomic E-state index is -1.08. The molecule has 8 nitrogen and oxygen atoms in total. The lowest BCUT2D eigenvalue weighted by Gasteiger charge is -2.25. The average molecular weight is 510 g/mol. The molecule has 1 atom stereocenters. The van der Waals surface area contributed by atoms with Crippen molar-refractivity contribution in [1.29, 1.82) is 5.26 Å². The van der Waals surface area contributed by atoms with Gasteiger partial charge in [-0.15, -0.1) is 0 Å². The van der Waals surface area contributed by atoms with E-state index < -0.39 is 23.5 Å². The standard InChI is InChI=1S/C25H17Cl2N3O5/c1-34-23-15(11-16(26)24(35-2)19(23)27)21(31)18-20(17-5-3-4-10-29-17)30(25(33)22(18)32)14-8-6-13(12-28)7-9-14/h3-11,20,31H,1-2H3/b21-18+. The van der Waals surface area contributed by atoms with Crippen molar-refractivity contribution in [3.8, 4) is 17.6 Å². The number of aliphatic hydroxyl groups is 1. The van der Waals surface area contributed by atoms with Crippen molar-refractivity contribution in [3.63, 3.8) is 0 Å². The monoisotopic (exact) mass is 509 g/mol. The normalized spacial score (nSPS) is 16.8. The molecule has 4 rings (SSSR count). The van der Waals surface area contributed by atoms with E-state index in [9.17, 15) is 14.7 Å². The first-order valence-electron chi connectivity index (χ1n) is 10.2. The fraction of sp³-hybridized carbons (Fsp3) is 0.120. The Hall–Kier alpha value is -4.06. The molecular weight excluding hydrogens is 493 g/mol. The van der Waals surface area contributed by atoms with Crippen LogP contribution in [0.25, 0.3) is 5.76 Å². The minimum Gasteiger partial charge on any atom is -0.507 e. The van der Waals surface area contributed by atoms with E-state index in [1.54, 1.807) is 30.3 Å². The highest BCUT2D eigenvalue weighted by Gasteiger charge is 2.48. The summed E-state index contributed by atoms with van der Waals surface area (Å²) in [7, 11) is 2.70. The molecule has 1 saturated heterocycles. The molecule has 1 aliphatic heterocycles. The van der Waals surface area contributed by atoms with Crippen LogP contribution in [0.4, 0.5) is 5.69 Å². The van der Waals surface area contributed by atoms with E-state index in [0.29, 0.717) is 16.9 Å². The Morgan fingerprint density at radius 3 is 2.34 bits per heavy atom. The van der Waals surface area contributed by atoms with Crippen LogP contribution in [-0.4, -0.2) is 36.0 Å². The Kier molecular flexibility index (Phi) is 6.65. The third-order valence-electron chi connectivity index (χ3n) is 5.48. The van der Waals surface area contributed by atoms with Gasteiger partial charge in [0.1, 0.15) is 16.8 Å². The Morgan fingerprint density at radius 2 is 1.77 bits per heavy atom. The van der Waals surface area contributed by atoms with Gasteiger partial charge >= 0.3 is 0 Å². The van der Waals surface area contributed by atoms with E-state index in [4.69, 9.17) is 37.9 Å². The smallest absolute Gasteiger partial charge is 0.300 e. The number of aromatic nitrogens is 1. The van der Waals surface area contributed by atoms with Crippen LogP contribution >= 0.6 is 23.2 Å². The van der Waals surface area contributed by atoms with Crippen LogP contribution in [0.15, 0.2) is 60.3 Å². The van der Waals surface area contributed by atoms with Crippen LogP contribution in [0.2, 0.25) is 10.0 Å². The number of hydrogen-bond acceptors (Lipinski definition) is 7. The number of Topliss-reactive ketones (excluding diaryl/α,β-unsaturated/α-hetero) is 1. The first-order valence-corrected chi connectivity index (χ1v) is 10.9. The number of carbonyl (C=O) groups is 2. The van der Waals surface area contributed by atoms with E-state index in [1.165, 1.54) is 43.5 Å². The summed E-state index contributed by atoms with van der Waals surface area (Å²) in [5, 5.41) is 20.5. The molecule has 176 valence electrons. The van der Waals surface area contributed by atoms with Crippen LogP contribution in [0.5, 0.6) is 11.5 Å². The van der Waals surface area contributed by atoms with Gasteiger partial charge in [-0.2, -0.15) is 5.26 Å². The summed E-state index contributed by atoms with van der Waals surface area (Å²) in [6.45, 7) is 0. The molecule has 2 heterocycles. The third kappa shape index (κ3) is 4.05. The number of aliphatic hydroxyl groups excluding tert-OH is 1. The van der Waals surface area contributed by atoms with Gasteiger partial charge in [0.2, 0.25) is 0 Å². The molecule has 0 aliphatic carbocycles. The summed E-state index contributed by atoms with van der Waals surface area (Å²) >= 11 is 12.7. The number of nitrogens with zero attached hydrogens (tertiary/aromatic N) is 3. The minimum absolute atomic E-state index is 0.00191. The number of ether oxygens (including phenoxy) is 2. The molecule has 1 unspecified atom stereocenters. The molecule has 0 spiro atoms. The van der Waals surface area contributed by atoms with Crippen molar-refractivity contribution in [3.05, 3.63) is 87.2 Å². The number of nitriles is 1. The summed E-state index contributed by atoms with van der Waals surface area (Å²) in [6.07, 6.45) is 1.51. The maximum absolute atomic E-state index is 13.3. The zero-order valence-electron chi connectivity index (χ0n) is 18.5. The molecule has 35 heavy (non-hydrogen) atoms. The Labute approximate surface area is 210 Å². The van der Waals surface area contributed by atoms with Gasteiger partial charge in [0.15, 0.2) is 11.5 Å². The number of pyridine rings is 1. The predicted molar refractivity (Wildman–Crippen MR) is 130 cm³/mol. The molecular formula is C25H17Cl2N3O5. The molecule has 1 amide bonds. The maximum atomic E-state index is 13.3. The van der Waals surface area contributed by atoms with Crippen LogP contribution < -0.4 is 14.4 Å². The van der Waals surface area contributed by atoms with Gasteiger partial charge < -0.3 is 14.6 Å². The van der Waals surface area contributed by atoms with Gasteiger partial charge in [-0.3, -0.25) is 19.5 Å². The van der Waals surface area contributed by atoms with Crippen molar-refractivity contribution >= 4 is 46.3 Å². The van der Waals surface area contributed by atoms with Crippen molar-refractivity contribution in [1.82, 2.24) is 4.98 Å². The number of rotatable bonds is 5. The summed E-state index contributed by atoms with van der Waals surface area (Å²) in [4.78, 5) is 32.0. The second kappa shape index (κ2) is 9.66. The average Bonchev–Trinajstić information content (AvgIpc) is 3.14. The van der Waals surface area contributed by atoms with E-state index in [0.717, 1.165) is 0 Å². The Bertz CT molecular complexity index is 1400. The number of carbonyl (C=O) groups excluding carboxylic acids is 2. The molecule has 1 N–H and O–H groups in total. The highest BCUT2D eigenvalue weighted by molar-refractivity contribution is 6.52. The Morgan fingerprint density at radius 1 is 1.09 bits per heavy atom. The highest BCUT2D eigenvalue weighted by Crippen LogP contribution is 2.47. The van der Waals surface area contributed by atoms with Crippen molar-refractivity contribution in [2.24, 2.45) is 0 Å². The van der Waals surface area contributed by atoms with E-state index >= 15 is 0 Å². The zero-order chi connectivity index (χ0) is 25.3. The highest BCUT2D eigenvalue weighted by atomic mass is 35.5. The van der Waals surface area contributed by atoms with Gasteiger partial charge in [0.25, 0.3) is 11.7 Å². The molecule has 1 aromatic heterocycles. The third-order valence-corrected chi connectivity index (χ3v) is 6.11. The second-order valence-corrected chi connectivity index (χ2v) is 8.15. The molecule has 3 aromatic rings. The van der Waals surface area contributed by atoms with Crippen molar-refractivity contribution in [2.75, 3.05) is 19.1 Å². The summed E-state index contributed by atoms with van der Waals surface area (Å²) in [5.74, 6) is -2.22. The Balaban J connectivity index is 1.99. The number of halogens is 2. The van der Waals surface area contributed by atoms with Crippen LogP contribution in [0, 0.1) is 11.3 Å². The van der Waals surface area contributed by atoms with Crippen molar-refractivity contribution < 1.29 is 24.2 Å².